The van der Waals surface area contributed by atoms with Crippen molar-refractivity contribution in [3.8, 4) is 11.5 Å². The Morgan fingerprint density at radius 2 is 2.00 bits per heavy atom. The summed E-state index contributed by atoms with van der Waals surface area (Å²) >= 11 is 7.76. The predicted octanol–water partition coefficient (Wildman–Crippen LogP) is 7.50. The van der Waals surface area contributed by atoms with Gasteiger partial charge in [0.1, 0.15) is 18.1 Å². The minimum Gasteiger partial charge on any atom is -0.465 e. The van der Waals surface area contributed by atoms with Crippen molar-refractivity contribution in [3.05, 3.63) is 47.2 Å². The van der Waals surface area contributed by atoms with Crippen LogP contribution in [0.1, 0.15) is 13.8 Å². The number of hydrogen-bond acceptors (Lipinski definition) is 7. The molecule has 0 radical (unpaired) electrons. The molecule has 0 saturated carbocycles. The number of carboxylic acid groups (broad SMARTS) is 1. The van der Waals surface area contributed by atoms with E-state index in [-0.39, 0.29) is 30.1 Å². The molecule has 0 spiro atoms. The summed E-state index contributed by atoms with van der Waals surface area (Å²) in [5.41, 5.74) is 1.99. The molecule has 3 aromatic rings. The molecule has 3 N–H and O–H groups in total. The number of aliphatic imine (C=N–C) groups is 1. The highest BCUT2D eigenvalue weighted by molar-refractivity contribution is 8.12. The molecule has 224 valence electrons. The lowest BCUT2D eigenvalue weighted by atomic mass is 9.94. The molecular weight excluding hydrogens is 592 g/mol. The van der Waals surface area contributed by atoms with Gasteiger partial charge in [-0.15, -0.1) is 0 Å². The third kappa shape index (κ3) is 10.2. The molecule has 41 heavy (non-hydrogen) atoms. The van der Waals surface area contributed by atoms with Crippen LogP contribution >= 0.6 is 23.4 Å². The van der Waals surface area contributed by atoms with Gasteiger partial charge in [-0.25, -0.2) is 18.6 Å². The number of nitrogens with zero attached hydrogens (tertiary/aromatic N) is 3. The molecule has 0 aliphatic rings. The minimum atomic E-state index is -1.23. The summed E-state index contributed by atoms with van der Waals surface area (Å²) < 4.78 is 43.1. The summed E-state index contributed by atoms with van der Waals surface area (Å²) in [7, 11) is -1.23. The number of ether oxygens (including phenoxy) is 2. The number of rotatable bonds is 15. The van der Waals surface area contributed by atoms with Crippen molar-refractivity contribution in [1.82, 2.24) is 14.9 Å². The maximum atomic E-state index is 14.9. The van der Waals surface area contributed by atoms with E-state index in [1.54, 1.807) is 16.3 Å². The van der Waals surface area contributed by atoms with Crippen molar-refractivity contribution in [3.63, 3.8) is 0 Å². The van der Waals surface area contributed by atoms with Gasteiger partial charge in [-0.05, 0) is 12.1 Å². The van der Waals surface area contributed by atoms with Gasteiger partial charge in [-0.2, -0.15) is 0 Å². The molecule has 0 saturated heterocycles. The fourth-order valence-electron chi connectivity index (χ4n) is 3.60. The first-order valence-electron chi connectivity index (χ1n) is 12.9. The number of carbonyl (C=O) groups is 1. The number of amides is 1. The van der Waals surface area contributed by atoms with Crippen LogP contribution in [-0.4, -0.2) is 59.9 Å². The summed E-state index contributed by atoms with van der Waals surface area (Å²) in [5, 5.41) is 14.8. The molecular formula is C27H36ClF2N5O4SSi. The summed E-state index contributed by atoms with van der Waals surface area (Å²) in [4.78, 5) is 19.3. The van der Waals surface area contributed by atoms with E-state index in [2.05, 4.69) is 40.3 Å². The molecule has 2 aromatic heterocycles. The second-order valence-electron chi connectivity index (χ2n) is 11.4. The highest BCUT2D eigenvalue weighted by Crippen LogP contribution is 2.37. The lowest BCUT2D eigenvalue weighted by molar-refractivity contribution is 0.0899. The van der Waals surface area contributed by atoms with Crippen LogP contribution in [0.15, 0.2) is 35.6 Å². The number of aromatic nitrogens is 2. The van der Waals surface area contributed by atoms with Crippen molar-refractivity contribution in [1.29, 1.82) is 0 Å². The molecule has 9 nitrogen and oxygen atoms in total. The maximum absolute atomic E-state index is 14.9. The van der Waals surface area contributed by atoms with Crippen molar-refractivity contribution < 1.29 is 28.2 Å². The number of thioether (sulfide) groups is 1. The normalized spacial score (nSPS) is 12.3. The molecule has 1 aromatic carbocycles. The Hall–Kier alpha value is -2.87. The SMILES string of the molecule is CC(C)(CN=CSCNc1cc(F)c(Oc2ccnc3c2c(Cl)cn3COCC[Si](C)(C)C)c(F)c1)CNC(=O)O. The molecule has 2 heterocycles. The van der Waals surface area contributed by atoms with Gasteiger partial charge in [-0.1, -0.05) is 56.9 Å². The van der Waals surface area contributed by atoms with Crippen LogP contribution in [0.5, 0.6) is 11.5 Å². The minimum absolute atomic E-state index is 0.174. The van der Waals surface area contributed by atoms with Crippen LogP contribution in [0.25, 0.3) is 11.0 Å². The summed E-state index contributed by atoms with van der Waals surface area (Å²) in [6, 6.07) is 4.82. The van der Waals surface area contributed by atoms with E-state index >= 15 is 0 Å². The average molecular weight is 628 g/mol. The number of fused-ring (bicyclic) bond motifs is 1. The zero-order valence-electron chi connectivity index (χ0n) is 23.8. The lowest BCUT2D eigenvalue weighted by Gasteiger charge is -2.21. The zero-order chi connectivity index (χ0) is 30.2. The van der Waals surface area contributed by atoms with E-state index in [4.69, 9.17) is 26.2 Å². The molecule has 1 amide bonds. The number of benzene rings is 1. The first kappa shape index (κ1) is 32.6. The highest BCUT2D eigenvalue weighted by atomic mass is 35.5. The second-order valence-corrected chi connectivity index (χ2v) is 18.3. The standard InChI is InChI=1S/C27H36ClF2N5O4SSi/c1-27(2,14-33-26(36)37)13-31-15-40-16-34-18-10-20(29)24(21(30)11-18)39-22-6-7-32-25-23(22)19(28)12-35(25)17-38-8-9-41(3,4)5/h6-7,10-12,15,33-34H,8-9,13-14,16-17H2,1-5H3,(H,36,37). The Morgan fingerprint density at radius 1 is 1.29 bits per heavy atom. The van der Waals surface area contributed by atoms with E-state index in [0.717, 1.165) is 18.2 Å². The van der Waals surface area contributed by atoms with Gasteiger partial charge in [-0.3, -0.25) is 4.99 Å². The second kappa shape index (κ2) is 14.3. The van der Waals surface area contributed by atoms with Crippen LogP contribution < -0.4 is 15.4 Å². The van der Waals surface area contributed by atoms with Crippen LogP contribution in [0.2, 0.25) is 30.7 Å². The predicted molar refractivity (Wildman–Crippen MR) is 165 cm³/mol. The Bertz CT molecular complexity index is 1360. The fraction of sp³-hybridized carbons (Fsp3) is 0.444. The Labute approximate surface area is 248 Å². The van der Waals surface area contributed by atoms with Gasteiger partial charge >= 0.3 is 6.09 Å². The summed E-state index contributed by atoms with van der Waals surface area (Å²) in [6.07, 6.45) is 2.07. The molecule has 0 fully saturated rings. The largest absolute Gasteiger partial charge is 0.465 e. The highest BCUT2D eigenvalue weighted by Gasteiger charge is 2.20. The van der Waals surface area contributed by atoms with Gasteiger partial charge < -0.3 is 29.8 Å². The van der Waals surface area contributed by atoms with E-state index in [1.807, 2.05) is 13.8 Å². The van der Waals surface area contributed by atoms with E-state index < -0.39 is 31.6 Å². The van der Waals surface area contributed by atoms with E-state index in [0.29, 0.717) is 35.1 Å². The van der Waals surface area contributed by atoms with Gasteiger partial charge in [0, 0.05) is 63.4 Å². The fourth-order valence-corrected chi connectivity index (χ4v) is 5.16. The zero-order valence-corrected chi connectivity index (χ0v) is 26.3. The molecule has 0 atom stereocenters. The number of halogens is 3. The van der Waals surface area contributed by atoms with Crippen molar-refractivity contribution in [2.24, 2.45) is 10.4 Å². The molecule has 0 aliphatic carbocycles. The maximum Gasteiger partial charge on any atom is 0.404 e. The van der Waals surface area contributed by atoms with Crippen LogP contribution in [0, 0.1) is 17.0 Å². The van der Waals surface area contributed by atoms with Gasteiger partial charge in [0.25, 0.3) is 0 Å². The summed E-state index contributed by atoms with van der Waals surface area (Å²) in [5.74, 6) is -1.83. The molecule has 0 aliphatic heterocycles. The third-order valence-electron chi connectivity index (χ3n) is 5.86. The first-order chi connectivity index (χ1) is 19.3. The summed E-state index contributed by atoms with van der Waals surface area (Å²) in [6.45, 7) is 12.2. The Morgan fingerprint density at radius 3 is 2.66 bits per heavy atom. The topological polar surface area (TPSA) is 110 Å². The van der Waals surface area contributed by atoms with Crippen molar-refractivity contribution >= 4 is 59.8 Å². The van der Waals surface area contributed by atoms with Gasteiger partial charge in [0.05, 0.1) is 21.8 Å². The molecule has 3 rings (SSSR count). The molecule has 14 heteroatoms. The van der Waals surface area contributed by atoms with Crippen LogP contribution in [0.3, 0.4) is 0 Å². The van der Waals surface area contributed by atoms with E-state index in [9.17, 15) is 13.6 Å². The van der Waals surface area contributed by atoms with Crippen LogP contribution in [-0.2, 0) is 11.5 Å². The van der Waals surface area contributed by atoms with Crippen molar-refractivity contribution in [2.45, 2.75) is 46.3 Å². The number of nitrogens with one attached hydrogen (secondary N) is 2. The van der Waals surface area contributed by atoms with Gasteiger partial charge in [0.15, 0.2) is 17.4 Å². The lowest BCUT2D eigenvalue weighted by Crippen LogP contribution is -2.34. The van der Waals surface area contributed by atoms with Crippen molar-refractivity contribution in [2.75, 3.05) is 30.9 Å². The number of hydrogen-bond donors (Lipinski definition) is 3. The van der Waals surface area contributed by atoms with Gasteiger partial charge in [0.2, 0.25) is 0 Å². The average Bonchev–Trinajstić information content (AvgIpc) is 3.20. The number of pyridine rings is 1. The Kier molecular flexibility index (Phi) is 11.4. The smallest absolute Gasteiger partial charge is 0.404 e. The molecule has 0 unspecified atom stereocenters. The first-order valence-corrected chi connectivity index (χ1v) is 18.1. The van der Waals surface area contributed by atoms with Crippen LogP contribution in [0.4, 0.5) is 19.3 Å². The quantitative estimate of drug-likeness (QED) is 0.0526. The van der Waals surface area contributed by atoms with E-state index in [1.165, 1.54) is 24.0 Å². The number of anilines is 1. The third-order valence-corrected chi connectivity index (χ3v) is 8.46. The monoisotopic (exact) mass is 627 g/mol. The molecule has 0 bridgehead atoms. The Balaban J connectivity index is 1.61.